The molecule has 1 amide bonds. The van der Waals surface area contributed by atoms with Crippen LogP contribution in [0.3, 0.4) is 0 Å². The Labute approximate surface area is 172 Å². The Morgan fingerprint density at radius 1 is 1.24 bits per heavy atom. The number of unbranched alkanes of at least 4 members (excludes halogenated alkanes) is 2. The smallest absolute Gasteiger partial charge is 0.303 e. The van der Waals surface area contributed by atoms with E-state index in [1.165, 1.54) is 0 Å². The van der Waals surface area contributed by atoms with Crippen LogP contribution in [-0.2, 0) is 4.79 Å². The molecule has 1 aromatic rings. The van der Waals surface area contributed by atoms with Crippen molar-refractivity contribution in [3.05, 3.63) is 48.1 Å². The Hall–Kier alpha value is -3.02. The summed E-state index contributed by atoms with van der Waals surface area (Å²) in [6, 6.07) is 5.34. The molecule has 29 heavy (non-hydrogen) atoms. The third-order valence-electron chi connectivity index (χ3n) is 4.59. The number of nitrogens with zero attached hydrogens (tertiary/aromatic N) is 2. The van der Waals surface area contributed by atoms with Crippen LogP contribution in [-0.4, -0.2) is 35.5 Å². The maximum absolute atomic E-state index is 12.2. The number of carbonyl (C=O) groups excluding carboxylic acids is 1. The number of aliphatic imine (C=N–C) groups is 2. The van der Waals surface area contributed by atoms with Gasteiger partial charge in [0.1, 0.15) is 0 Å². The number of carbonyl (C=O) groups is 2. The Morgan fingerprint density at radius 3 is 2.76 bits per heavy atom. The van der Waals surface area contributed by atoms with Gasteiger partial charge in [-0.2, -0.15) is 0 Å². The van der Waals surface area contributed by atoms with Crippen molar-refractivity contribution in [3.63, 3.8) is 0 Å². The molecule has 1 atom stereocenters. The second kappa shape index (κ2) is 11.7. The number of benzene rings is 1. The Bertz CT molecular complexity index is 838. The van der Waals surface area contributed by atoms with E-state index in [1.807, 2.05) is 32.1 Å². The predicted octanol–water partition coefficient (Wildman–Crippen LogP) is 5.01. The number of aliphatic carboxylic acids is 1. The third kappa shape index (κ3) is 7.49. The number of carboxylic acids is 1. The van der Waals surface area contributed by atoms with Crippen molar-refractivity contribution in [3.8, 4) is 0 Å². The number of nitrogens with one attached hydrogen (secondary N) is 1. The van der Waals surface area contributed by atoms with Gasteiger partial charge in [-0.25, -0.2) is 0 Å². The Morgan fingerprint density at radius 2 is 2.07 bits per heavy atom. The summed E-state index contributed by atoms with van der Waals surface area (Å²) < 4.78 is 0. The average Bonchev–Trinajstić information content (AvgIpc) is 2.72. The molecular formula is C23H29N3O3. The van der Waals surface area contributed by atoms with E-state index >= 15 is 0 Å². The minimum Gasteiger partial charge on any atom is -0.481 e. The molecule has 1 aliphatic carbocycles. The van der Waals surface area contributed by atoms with Crippen molar-refractivity contribution in [2.75, 3.05) is 6.54 Å². The molecule has 1 unspecified atom stereocenters. The minimum atomic E-state index is -0.782. The van der Waals surface area contributed by atoms with E-state index in [0.29, 0.717) is 30.6 Å². The number of rotatable bonds is 10. The van der Waals surface area contributed by atoms with Crippen LogP contribution in [0.25, 0.3) is 0 Å². The van der Waals surface area contributed by atoms with E-state index in [0.717, 1.165) is 24.2 Å². The molecule has 2 rings (SSSR count). The molecule has 2 N–H and O–H groups in total. The first-order valence-electron chi connectivity index (χ1n) is 10.1. The van der Waals surface area contributed by atoms with Crippen LogP contribution < -0.4 is 5.32 Å². The van der Waals surface area contributed by atoms with Crippen molar-refractivity contribution >= 4 is 35.2 Å². The normalized spacial score (nSPS) is 16.3. The van der Waals surface area contributed by atoms with Crippen molar-refractivity contribution in [1.29, 1.82) is 0 Å². The first kappa shape index (κ1) is 22.3. The maximum Gasteiger partial charge on any atom is 0.303 e. The van der Waals surface area contributed by atoms with Crippen LogP contribution in [0.4, 0.5) is 11.4 Å². The molecule has 0 fully saturated rings. The van der Waals surface area contributed by atoms with Gasteiger partial charge in [-0.1, -0.05) is 24.3 Å². The topological polar surface area (TPSA) is 91.1 Å². The van der Waals surface area contributed by atoms with E-state index in [9.17, 15) is 9.59 Å². The zero-order valence-electron chi connectivity index (χ0n) is 17.1. The Balaban J connectivity index is 2.19. The second-order valence-corrected chi connectivity index (χ2v) is 6.92. The van der Waals surface area contributed by atoms with Gasteiger partial charge in [0.15, 0.2) is 0 Å². The highest BCUT2D eigenvalue weighted by Crippen LogP contribution is 2.30. The lowest BCUT2D eigenvalue weighted by Crippen LogP contribution is -2.22. The lowest BCUT2D eigenvalue weighted by molar-refractivity contribution is -0.137. The number of hydrogen-bond acceptors (Lipinski definition) is 4. The SMILES string of the molecule is CCNC(=O)c1ccc(N=C(C)C2C=CC=CC2)c(N=CCCCCC(=O)O)c1. The van der Waals surface area contributed by atoms with E-state index in [1.54, 1.807) is 18.3 Å². The summed E-state index contributed by atoms with van der Waals surface area (Å²) in [7, 11) is 0. The predicted molar refractivity (Wildman–Crippen MR) is 118 cm³/mol. The summed E-state index contributed by atoms with van der Waals surface area (Å²) in [4.78, 5) is 32.1. The van der Waals surface area contributed by atoms with E-state index in [4.69, 9.17) is 10.1 Å². The molecule has 154 valence electrons. The molecule has 6 heteroatoms. The number of amides is 1. The standard InChI is InChI=1S/C23H29N3O3/c1-3-24-23(29)19-13-14-20(26-17(2)18-10-6-4-7-11-18)21(16-19)25-15-9-5-8-12-22(27)28/h4,6-7,10,13-16,18H,3,5,8-9,11-12H2,1-2H3,(H,24,29)(H,27,28). The quantitative estimate of drug-likeness (QED) is 0.431. The highest BCUT2D eigenvalue weighted by Gasteiger charge is 2.12. The molecule has 0 heterocycles. The largest absolute Gasteiger partial charge is 0.481 e. The molecule has 0 saturated carbocycles. The summed E-state index contributed by atoms with van der Waals surface area (Å²) in [6.07, 6.45) is 13.2. The lowest BCUT2D eigenvalue weighted by atomic mass is 9.96. The van der Waals surface area contributed by atoms with Gasteiger partial charge in [0, 0.05) is 36.4 Å². The summed E-state index contributed by atoms with van der Waals surface area (Å²) in [5.41, 5.74) is 2.90. The van der Waals surface area contributed by atoms with E-state index in [-0.39, 0.29) is 18.2 Å². The zero-order valence-corrected chi connectivity index (χ0v) is 17.1. The average molecular weight is 396 g/mol. The summed E-state index contributed by atoms with van der Waals surface area (Å²) in [5.74, 6) is -0.663. The van der Waals surface area contributed by atoms with Gasteiger partial charge in [0.05, 0.1) is 11.4 Å². The molecule has 0 radical (unpaired) electrons. The zero-order chi connectivity index (χ0) is 21.1. The molecule has 0 aliphatic heterocycles. The fourth-order valence-electron chi connectivity index (χ4n) is 2.96. The first-order valence-corrected chi connectivity index (χ1v) is 10.1. The van der Waals surface area contributed by atoms with Gasteiger partial charge in [-0.05, 0) is 57.7 Å². The first-order chi connectivity index (χ1) is 14.0. The van der Waals surface area contributed by atoms with Crippen LogP contribution >= 0.6 is 0 Å². The highest BCUT2D eigenvalue weighted by atomic mass is 16.4. The van der Waals surface area contributed by atoms with Gasteiger partial charge in [-0.15, -0.1) is 0 Å². The fourth-order valence-corrected chi connectivity index (χ4v) is 2.96. The van der Waals surface area contributed by atoms with Gasteiger partial charge in [0.2, 0.25) is 0 Å². The molecule has 0 saturated heterocycles. The fraction of sp³-hybridized carbons (Fsp3) is 0.391. The van der Waals surface area contributed by atoms with Crippen LogP contribution in [0.5, 0.6) is 0 Å². The van der Waals surface area contributed by atoms with Gasteiger partial charge < -0.3 is 10.4 Å². The monoisotopic (exact) mass is 395 g/mol. The molecule has 0 aromatic heterocycles. The summed E-state index contributed by atoms with van der Waals surface area (Å²) in [6.45, 7) is 4.44. The summed E-state index contributed by atoms with van der Waals surface area (Å²) >= 11 is 0. The number of allylic oxidation sites excluding steroid dienone is 4. The summed E-state index contributed by atoms with van der Waals surface area (Å²) in [5, 5.41) is 11.5. The molecule has 6 nitrogen and oxygen atoms in total. The van der Waals surface area contributed by atoms with Crippen LogP contribution in [0.1, 0.15) is 56.3 Å². The van der Waals surface area contributed by atoms with E-state index in [2.05, 4.69) is 22.5 Å². The molecule has 1 aliphatic rings. The second-order valence-electron chi connectivity index (χ2n) is 6.92. The molecule has 0 spiro atoms. The van der Waals surface area contributed by atoms with Gasteiger partial charge in [0.25, 0.3) is 5.91 Å². The van der Waals surface area contributed by atoms with Crippen LogP contribution in [0.2, 0.25) is 0 Å². The minimum absolute atomic E-state index is 0.141. The molecule has 0 bridgehead atoms. The molecular weight excluding hydrogens is 366 g/mol. The van der Waals surface area contributed by atoms with Crippen molar-refractivity contribution in [2.24, 2.45) is 15.9 Å². The van der Waals surface area contributed by atoms with Crippen molar-refractivity contribution < 1.29 is 14.7 Å². The highest BCUT2D eigenvalue weighted by molar-refractivity contribution is 5.97. The van der Waals surface area contributed by atoms with Crippen molar-refractivity contribution in [1.82, 2.24) is 5.32 Å². The maximum atomic E-state index is 12.2. The molecule has 1 aromatic carbocycles. The number of hydrogen-bond donors (Lipinski definition) is 2. The lowest BCUT2D eigenvalue weighted by Gasteiger charge is -2.13. The Kier molecular flexibility index (Phi) is 9.02. The van der Waals surface area contributed by atoms with Gasteiger partial charge in [-0.3, -0.25) is 19.6 Å². The van der Waals surface area contributed by atoms with Gasteiger partial charge >= 0.3 is 5.97 Å². The number of carboxylic acid groups (broad SMARTS) is 1. The van der Waals surface area contributed by atoms with E-state index < -0.39 is 5.97 Å². The van der Waals surface area contributed by atoms with Crippen molar-refractivity contribution in [2.45, 2.75) is 46.0 Å². The third-order valence-corrected chi connectivity index (χ3v) is 4.59. The van der Waals surface area contributed by atoms with Crippen LogP contribution in [0.15, 0.2) is 52.5 Å². The van der Waals surface area contributed by atoms with Crippen LogP contribution in [0, 0.1) is 5.92 Å².